The molecule has 1 saturated heterocycles. The average Bonchev–Trinajstić information content (AvgIpc) is 2.65. The Kier molecular flexibility index (Phi) is 3.37. The second kappa shape index (κ2) is 4.38. The molecule has 2 aliphatic rings. The molecule has 98 valence electrons. The van der Waals surface area contributed by atoms with Crippen molar-refractivity contribution in [2.75, 3.05) is 13.1 Å². The molecule has 0 amide bonds. The van der Waals surface area contributed by atoms with Crippen LogP contribution in [-0.4, -0.2) is 18.9 Å². The van der Waals surface area contributed by atoms with E-state index in [1.54, 1.807) is 0 Å². The third-order valence-corrected chi connectivity index (χ3v) is 5.74. The van der Waals surface area contributed by atoms with E-state index in [0.29, 0.717) is 23.0 Å². The van der Waals surface area contributed by atoms with Crippen LogP contribution in [0, 0.1) is 22.7 Å². The molecular weight excluding hydrogens is 210 g/mol. The van der Waals surface area contributed by atoms with E-state index in [1.807, 2.05) is 0 Å². The molecule has 2 fully saturated rings. The number of ketones is 1. The van der Waals surface area contributed by atoms with Crippen LogP contribution in [0.4, 0.5) is 0 Å². The van der Waals surface area contributed by atoms with Crippen LogP contribution in [0.5, 0.6) is 0 Å². The van der Waals surface area contributed by atoms with Gasteiger partial charge in [-0.25, -0.2) is 0 Å². The topological polar surface area (TPSA) is 29.1 Å². The van der Waals surface area contributed by atoms with E-state index in [2.05, 4.69) is 33.0 Å². The summed E-state index contributed by atoms with van der Waals surface area (Å²) in [5.41, 5.74) is 0.353. The van der Waals surface area contributed by atoms with Crippen LogP contribution in [0.3, 0.4) is 0 Å². The second-order valence-corrected chi connectivity index (χ2v) is 6.89. The zero-order valence-corrected chi connectivity index (χ0v) is 11.8. The maximum atomic E-state index is 12.3. The van der Waals surface area contributed by atoms with E-state index < -0.39 is 0 Å². The summed E-state index contributed by atoms with van der Waals surface area (Å²) in [6.07, 6.45) is 4.23. The monoisotopic (exact) mass is 237 g/mol. The van der Waals surface area contributed by atoms with E-state index in [9.17, 15) is 4.79 Å². The van der Waals surface area contributed by atoms with Gasteiger partial charge in [0.15, 0.2) is 0 Å². The first-order valence-electron chi connectivity index (χ1n) is 7.16. The molecule has 1 heterocycles. The van der Waals surface area contributed by atoms with Gasteiger partial charge in [-0.2, -0.15) is 0 Å². The Morgan fingerprint density at radius 2 is 2.18 bits per heavy atom. The molecule has 0 bridgehead atoms. The lowest BCUT2D eigenvalue weighted by Crippen LogP contribution is -2.46. The lowest BCUT2D eigenvalue weighted by molar-refractivity contribution is -0.135. The highest BCUT2D eigenvalue weighted by atomic mass is 16.1. The summed E-state index contributed by atoms with van der Waals surface area (Å²) in [5.74, 6) is 1.76. The quantitative estimate of drug-likeness (QED) is 0.800. The fourth-order valence-corrected chi connectivity index (χ4v) is 3.69. The highest BCUT2D eigenvalue weighted by Crippen LogP contribution is 2.50. The molecule has 1 aliphatic heterocycles. The normalized spacial score (nSPS) is 38.9. The summed E-state index contributed by atoms with van der Waals surface area (Å²) in [6, 6.07) is 0. The van der Waals surface area contributed by atoms with Crippen molar-refractivity contribution in [2.45, 2.75) is 53.4 Å². The van der Waals surface area contributed by atoms with Gasteiger partial charge in [0, 0.05) is 18.4 Å². The van der Waals surface area contributed by atoms with Gasteiger partial charge in [-0.1, -0.05) is 34.1 Å². The molecule has 3 unspecified atom stereocenters. The van der Waals surface area contributed by atoms with Crippen molar-refractivity contribution >= 4 is 5.78 Å². The molecule has 0 aromatic carbocycles. The first-order chi connectivity index (χ1) is 7.92. The van der Waals surface area contributed by atoms with E-state index in [1.165, 1.54) is 6.42 Å². The van der Waals surface area contributed by atoms with Gasteiger partial charge in [-0.15, -0.1) is 0 Å². The van der Waals surface area contributed by atoms with E-state index >= 15 is 0 Å². The van der Waals surface area contributed by atoms with Crippen LogP contribution in [-0.2, 0) is 4.79 Å². The Morgan fingerprint density at radius 3 is 2.71 bits per heavy atom. The molecule has 0 radical (unpaired) electrons. The minimum Gasteiger partial charge on any atom is -0.315 e. The van der Waals surface area contributed by atoms with Gasteiger partial charge in [0.2, 0.25) is 0 Å². The minimum atomic E-state index is -0.0324. The summed E-state index contributed by atoms with van der Waals surface area (Å²) in [4.78, 5) is 12.3. The zero-order chi connectivity index (χ0) is 12.7. The lowest BCUT2D eigenvalue weighted by atomic mass is 9.58. The van der Waals surface area contributed by atoms with Crippen molar-refractivity contribution < 1.29 is 4.79 Å². The van der Waals surface area contributed by atoms with Crippen molar-refractivity contribution in [2.24, 2.45) is 22.7 Å². The number of carbonyl (C=O) groups is 1. The molecule has 1 spiro atoms. The van der Waals surface area contributed by atoms with Crippen molar-refractivity contribution in [3.63, 3.8) is 0 Å². The summed E-state index contributed by atoms with van der Waals surface area (Å²) in [7, 11) is 0. The number of hydrogen-bond donors (Lipinski definition) is 1. The van der Waals surface area contributed by atoms with Crippen LogP contribution in [0.15, 0.2) is 0 Å². The predicted molar refractivity (Wildman–Crippen MR) is 70.9 cm³/mol. The maximum Gasteiger partial charge on any atom is 0.140 e. The van der Waals surface area contributed by atoms with Crippen LogP contribution >= 0.6 is 0 Å². The Labute approximate surface area is 106 Å². The molecule has 1 aliphatic carbocycles. The van der Waals surface area contributed by atoms with Crippen LogP contribution in [0.1, 0.15) is 53.4 Å². The molecule has 2 heteroatoms. The average molecular weight is 237 g/mol. The Bertz CT molecular complexity index is 310. The van der Waals surface area contributed by atoms with Crippen molar-refractivity contribution in [3.8, 4) is 0 Å². The first-order valence-corrected chi connectivity index (χ1v) is 7.16. The van der Waals surface area contributed by atoms with Crippen LogP contribution in [0.25, 0.3) is 0 Å². The highest BCUT2D eigenvalue weighted by molar-refractivity contribution is 5.86. The zero-order valence-electron chi connectivity index (χ0n) is 11.8. The molecule has 2 nitrogen and oxygen atoms in total. The van der Waals surface area contributed by atoms with E-state index in [4.69, 9.17) is 0 Å². The number of rotatable bonds is 2. The molecule has 17 heavy (non-hydrogen) atoms. The molecule has 0 aromatic heterocycles. The molecular formula is C15H27NO. The van der Waals surface area contributed by atoms with E-state index in [-0.39, 0.29) is 5.41 Å². The minimum absolute atomic E-state index is 0.0324. The Morgan fingerprint density at radius 1 is 1.47 bits per heavy atom. The largest absolute Gasteiger partial charge is 0.315 e. The number of carbonyl (C=O) groups excluding carboxylic acids is 1. The molecule has 3 atom stereocenters. The van der Waals surface area contributed by atoms with Crippen molar-refractivity contribution in [1.82, 2.24) is 5.32 Å². The van der Waals surface area contributed by atoms with Crippen LogP contribution in [0.2, 0.25) is 0 Å². The molecule has 2 rings (SSSR count). The van der Waals surface area contributed by atoms with Gasteiger partial charge in [0.05, 0.1) is 0 Å². The van der Waals surface area contributed by atoms with E-state index in [0.717, 1.165) is 32.4 Å². The summed E-state index contributed by atoms with van der Waals surface area (Å²) >= 11 is 0. The van der Waals surface area contributed by atoms with Gasteiger partial charge in [-0.3, -0.25) is 4.79 Å². The van der Waals surface area contributed by atoms with Gasteiger partial charge in [0.25, 0.3) is 0 Å². The van der Waals surface area contributed by atoms with Crippen LogP contribution < -0.4 is 5.32 Å². The molecule has 1 saturated carbocycles. The summed E-state index contributed by atoms with van der Waals surface area (Å²) in [5, 5.41) is 3.43. The van der Waals surface area contributed by atoms with Crippen molar-refractivity contribution in [1.29, 1.82) is 0 Å². The van der Waals surface area contributed by atoms with Gasteiger partial charge < -0.3 is 5.32 Å². The number of Topliss-reactive ketones (excluding diaryl/α,β-unsaturated/α-hetero) is 1. The number of nitrogens with one attached hydrogen (secondary N) is 1. The lowest BCUT2D eigenvalue weighted by Gasteiger charge is -2.45. The standard InChI is InChI=1S/C15H27NO/c1-5-14(3,4)12-6-7-13(17)15(8-12)10-16-9-11(15)2/h11-12,16H,5-10H2,1-4H3. The van der Waals surface area contributed by atoms with Gasteiger partial charge in [0.1, 0.15) is 5.78 Å². The van der Waals surface area contributed by atoms with Gasteiger partial charge >= 0.3 is 0 Å². The third-order valence-electron chi connectivity index (χ3n) is 5.74. The smallest absolute Gasteiger partial charge is 0.140 e. The summed E-state index contributed by atoms with van der Waals surface area (Å²) in [6.45, 7) is 11.2. The summed E-state index contributed by atoms with van der Waals surface area (Å²) < 4.78 is 0. The third kappa shape index (κ3) is 2.05. The second-order valence-electron chi connectivity index (χ2n) is 6.89. The maximum absolute atomic E-state index is 12.3. The first kappa shape index (κ1) is 13.1. The highest BCUT2D eigenvalue weighted by Gasteiger charge is 2.51. The fourth-order valence-electron chi connectivity index (χ4n) is 3.69. The SMILES string of the molecule is CCC(C)(C)C1CCC(=O)C2(CNCC2C)C1. The fraction of sp³-hybridized carbons (Fsp3) is 0.933. The van der Waals surface area contributed by atoms with Gasteiger partial charge in [-0.05, 0) is 36.6 Å². The Balaban J connectivity index is 2.20. The number of hydrogen-bond acceptors (Lipinski definition) is 2. The molecule has 0 aromatic rings. The Hall–Kier alpha value is -0.370. The molecule has 1 N–H and O–H groups in total. The van der Waals surface area contributed by atoms with Crippen molar-refractivity contribution in [3.05, 3.63) is 0 Å². The predicted octanol–water partition coefficient (Wildman–Crippen LogP) is 3.02.